The molecule has 0 spiro atoms. The molecule has 0 aliphatic rings. The summed E-state index contributed by atoms with van der Waals surface area (Å²) in [6, 6.07) is 17.9. The molecule has 0 aliphatic heterocycles. The van der Waals surface area contributed by atoms with Crippen LogP contribution in [0.25, 0.3) is 0 Å². The molecule has 0 bridgehead atoms. The van der Waals surface area contributed by atoms with Gasteiger partial charge in [-0.15, -0.1) is 0 Å². The molecule has 1 unspecified atom stereocenters. The third-order valence-electron chi connectivity index (χ3n) is 2.84. The minimum Gasteiger partial charge on any atom is -0.399 e. The number of ether oxygens (including phenoxy) is 1. The molecule has 0 aliphatic carbocycles. The molecule has 1 radical (unpaired) electrons. The molecule has 2 rings (SSSR count). The zero-order chi connectivity index (χ0) is 12.8. The van der Waals surface area contributed by atoms with Crippen LogP contribution in [0.5, 0.6) is 0 Å². The topological polar surface area (TPSA) is 35.2 Å². The summed E-state index contributed by atoms with van der Waals surface area (Å²) in [5.74, 6) is 0. The van der Waals surface area contributed by atoms with Crippen molar-refractivity contribution in [2.75, 3.05) is 5.73 Å². The van der Waals surface area contributed by atoms with E-state index in [4.69, 9.17) is 10.5 Å². The minimum absolute atomic E-state index is 0.0348. The highest BCUT2D eigenvalue weighted by Gasteiger charge is 2.09. The van der Waals surface area contributed by atoms with Crippen LogP contribution in [0.15, 0.2) is 54.6 Å². The Labute approximate surface area is 108 Å². The van der Waals surface area contributed by atoms with E-state index in [2.05, 4.69) is 19.1 Å². The maximum atomic E-state index is 5.90. The Morgan fingerprint density at radius 2 is 1.83 bits per heavy atom. The Hall–Kier alpha value is -1.80. The second kappa shape index (κ2) is 6.22. The van der Waals surface area contributed by atoms with Crippen molar-refractivity contribution in [2.45, 2.75) is 19.1 Å². The predicted octanol–water partition coefficient (Wildman–Crippen LogP) is 3.75. The van der Waals surface area contributed by atoms with Gasteiger partial charge in [-0.1, -0.05) is 49.4 Å². The van der Waals surface area contributed by atoms with E-state index in [0.717, 1.165) is 16.8 Å². The Balaban J connectivity index is 2.00. The third-order valence-corrected chi connectivity index (χ3v) is 2.84. The monoisotopic (exact) mass is 240 g/mol. The summed E-state index contributed by atoms with van der Waals surface area (Å²) < 4.78 is 5.90. The Kier molecular flexibility index (Phi) is 4.37. The van der Waals surface area contributed by atoms with Crippen molar-refractivity contribution in [2.24, 2.45) is 0 Å². The van der Waals surface area contributed by atoms with Gasteiger partial charge in [0.2, 0.25) is 0 Å². The van der Waals surface area contributed by atoms with Crippen LogP contribution in [0, 0.1) is 6.92 Å². The van der Waals surface area contributed by atoms with Crippen LogP contribution < -0.4 is 5.73 Å². The van der Waals surface area contributed by atoms with Gasteiger partial charge in [-0.2, -0.15) is 0 Å². The van der Waals surface area contributed by atoms with E-state index in [-0.39, 0.29) is 6.10 Å². The fraction of sp³-hybridized carbons (Fsp3) is 0.188. The molecule has 93 valence electrons. The third kappa shape index (κ3) is 3.34. The number of anilines is 1. The quantitative estimate of drug-likeness (QED) is 0.808. The number of hydrogen-bond donors (Lipinski definition) is 1. The van der Waals surface area contributed by atoms with Gasteiger partial charge >= 0.3 is 0 Å². The van der Waals surface area contributed by atoms with Crippen molar-refractivity contribution in [3.63, 3.8) is 0 Å². The van der Waals surface area contributed by atoms with Crippen LogP contribution in [0.3, 0.4) is 0 Å². The maximum absolute atomic E-state index is 5.90. The second-order valence-corrected chi connectivity index (χ2v) is 4.24. The van der Waals surface area contributed by atoms with Crippen LogP contribution in [0.2, 0.25) is 0 Å². The average Bonchev–Trinajstić information content (AvgIpc) is 2.41. The molecule has 0 saturated heterocycles. The van der Waals surface area contributed by atoms with E-state index in [1.165, 1.54) is 0 Å². The highest BCUT2D eigenvalue weighted by atomic mass is 16.5. The summed E-state index contributed by atoms with van der Waals surface area (Å²) in [4.78, 5) is 0. The maximum Gasteiger partial charge on any atom is 0.0829 e. The molecule has 0 amide bonds. The highest BCUT2D eigenvalue weighted by Crippen LogP contribution is 2.22. The number of benzene rings is 2. The Morgan fingerprint density at radius 3 is 2.50 bits per heavy atom. The van der Waals surface area contributed by atoms with Gasteiger partial charge in [0.1, 0.15) is 0 Å². The summed E-state index contributed by atoms with van der Waals surface area (Å²) in [5, 5.41) is 0. The molecule has 1 atom stereocenters. The van der Waals surface area contributed by atoms with E-state index < -0.39 is 0 Å². The smallest absolute Gasteiger partial charge is 0.0829 e. The fourth-order valence-corrected chi connectivity index (χ4v) is 1.89. The second-order valence-electron chi connectivity index (χ2n) is 4.24. The number of rotatable bonds is 5. The molecule has 2 N–H and O–H groups in total. The summed E-state index contributed by atoms with van der Waals surface area (Å²) in [7, 11) is 0. The zero-order valence-electron chi connectivity index (χ0n) is 10.4. The van der Waals surface area contributed by atoms with Gasteiger partial charge in [0.05, 0.1) is 12.7 Å². The lowest BCUT2D eigenvalue weighted by Crippen LogP contribution is -2.03. The first kappa shape index (κ1) is 12.7. The number of nitrogens with two attached hydrogens (primary N) is 1. The van der Waals surface area contributed by atoms with Gasteiger partial charge in [0.25, 0.3) is 0 Å². The van der Waals surface area contributed by atoms with Crippen molar-refractivity contribution < 1.29 is 4.74 Å². The molecule has 2 nitrogen and oxygen atoms in total. The highest BCUT2D eigenvalue weighted by molar-refractivity contribution is 5.40. The van der Waals surface area contributed by atoms with Gasteiger partial charge in [-0.25, -0.2) is 0 Å². The van der Waals surface area contributed by atoms with Crippen LogP contribution in [0.4, 0.5) is 5.69 Å². The predicted molar refractivity (Wildman–Crippen MR) is 74.8 cm³/mol. The van der Waals surface area contributed by atoms with Crippen molar-refractivity contribution in [1.29, 1.82) is 0 Å². The summed E-state index contributed by atoms with van der Waals surface area (Å²) in [6.07, 6.45) is 0.749. The molecule has 0 saturated carbocycles. The molecule has 0 fully saturated rings. The Bertz CT molecular complexity index is 481. The van der Waals surface area contributed by atoms with Gasteiger partial charge < -0.3 is 10.5 Å². The van der Waals surface area contributed by atoms with E-state index in [0.29, 0.717) is 13.0 Å². The zero-order valence-corrected chi connectivity index (χ0v) is 10.4. The first-order chi connectivity index (χ1) is 8.79. The van der Waals surface area contributed by atoms with Crippen molar-refractivity contribution >= 4 is 5.69 Å². The fourth-order valence-electron chi connectivity index (χ4n) is 1.89. The molecular weight excluding hydrogens is 222 g/mol. The van der Waals surface area contributed by atoms with Crippen molar-refractivity contribution in [3.8, 4) is 0 Å². The van der Waals surface area contributed by atoms with Gasteiger partial charge in [0.15, 0.2) is 0 Å². The van der Waals surface area contributed by atoms with Crippen LogP contribution in [-0.2, 0) is 11.3 Å². The van der Waals surface area contributed by atoms with Crippen LogP contribution in [-0.4, -0.2) is 0 Å². The first-order valence-corrected chi connectivity index (χ1v) is 6.10. The SMILES string of the molecule is [CH2]CC(OCc1cccc(N)c1)c1ccccc1. The van der Waals surface area contributed by atoms with Crippen molar-refractivity contribution in [3.05, 3.63) is 72.6 Å². The van der Waals surface area contributed by atoms with Gasteiger partial charge in [0, 0.05) is 5.69 Å². The number of hydrogen-bond acceptors (Lipinski definition) is 2. The molecule has 0 heterocycles. The largest absolute Gasteiger partial charge is 0.399 e. The first-order valence-electron chi connectivity index (χ1n) is 6.10. The summed E-state index contributed by atoms with van der Waals surface area (Å²) in [5.41, 5.74) is 8.76. The number of nitrogen functional groups attached to an aromatic ring is 1. The lowest BCUT2D eigenvalue weighted by molar-refractivity contribution is 0.0413. The lowest BCUT2D eigenvalue weighted by atomic mass is 10.1. The molecular formula is C16H18NO. The van der Waals surface area contributed by atoms with E-state index >= 15 is 0 Å². The van der Waals surface area contributed by atoms with Gasteiger partial charge in [-0.05, 0) is 29.7 Å². The van der Waals surface area contributed by atoms with E-state index in [9.17, 15) is 0 Å². The summed E-state index contributed by atoms with van der Waals surface area (Å²) in [6.45, 7) is 4.50. The van der Waals surface area contributed by atoms with Crippen molar-refractivity contribution in [1.82, 2.24) is 0 Å². The molecule has 18 heavy (non-hydrogen) atoms. The van der Waals surface area contributed by atoms with Gasteiger partial charge in [-0.3, -0.25) is 0 Å². The lowest BCUT2D eigenvalue weighted by Gasteiger charge is -2.16. The standard InChI is InChI=1S/C16H18NO/c1-2-16(14-8-4-3-5-9-14)18-12-13-7-6-10-15(17)11-13/h3-11,16H,1-2,12,17H2. The average molecular weight is 240 g/mol. The minimum atomic E-state index is 0.0348. The Morgan fingerprint density at radius 1 is 1.06 bits per heavy atom. The molecule has 2 heteroatoms. The normalized spacial score (nSPS) is 12.3. The van der Waals surface area contributed by atoms with E-state index in [1.54, 1.807) is 0 Å². The van der Waals surface area contributed by atoms with E-state index in [1.807, 2.05) is 42.5 Å². The molecule has 0 aromatic heterocycles. The van der Waals surface area contributed by atoms with Crippen LogP contribution in [0.1, 0.15) is 23.7 Å². The summed E-state index contributed by atoms with van der Waals surface area (Å²) >= 11 is 0. The van der Waals surface area contributed by atoms with Crippen LogP contribution >= 0.6 is 0 Å². The molecule has 2 aromatic carbocycles. The molecule has 2 aromatic rings.